The highest BCUT2D eigenvalue weighted by Crippen LogP contribution is 2.28. The Morgan fingerprint density at radius 3 is 2.76 bits per heavy atom. The van der Waals surface area contributed by atoms with Gasteiger partial charge in [-0.2, -0.15) is 5.10 Å². The number of carbonyl (C=O) groups is 1. The molecule has 0 saturated heterocycles. The third kappa shape index (κ3) is 4.26. The summed E-state index contributed by atoms with van der Waals surface area (Å²) in [6, 6.07) is 8.25. The van der Waals surface area contributed by atoms with Crippen LogP contribution in [0, 0.1) is 0 Å². The van der Waals surface area contributed by atoms with Crippen LogP contribution in [-0.2, 0) is 4.74 Å². The number of rotatable bonds is 7. The number of hydrogen-bond acceptors (Lipinski definition) is 7. The maximum Gasteiger partial charge on any atom is 0.341 e. The van der Waals surface area contributed by atoms with Gasteiger partial charge in [0, 0.05) is 44.5 Å². The molecule has 0 aliphatic rings. The molecule has 0 atom stereocenters. The second-order valence-corrected chi connectivity index (χ2v) is 7.75. The molecular formula is C22H21ClN6O4. The Morgan fingerprint density at radius 2 is 2.09 bits per heavy atom. The number of nitrogen functional groups attached to an aromatic ring is 1. The second-order valence-electron chi connectivity index (χ2n) is 7.34. The monoisotopic (exact) mass is 468 g/mol. The summed E-state index contributed by atoms with van der Waals surface area (Å²) in [7, 11) is 3.53. The lowest BCUT2D eigenvalue weighted by atomic mass is 10.1. The Labute approximate surface area is 193 Å². The molecule has 3 heterocycles. The summed E-state index contributed by atoms with van der Waals surface area (Å²) in [5.41, 5.74) is 6.17. The van der Waals surface area contributed by atoms with E-state index in [1.165, 1.54) is 18.5 Å². The minimum Gasteiger partial charge on any atom is -0.477 e. The number of benzene rings is 1. The first-order valence-electron chi connectivity index (χ1n) is 9.90. The van der Waals surface area contributed by atoms with Crippen LogP contribution >= 0.6 is 11.6 Å². The summed E-state index contributed by atoms with van der Waals surface area (Å²) < 4.78 is 8.28. The van der Waals surface area contributed by atoms with E-state index in [0.717, 1.165) is 0 Å². The van der Waals surface area contributed by atoms with Crippen LogP contribution in [0.15, 0.2) is 53.7 Å². The van der Waals surface area contributed by atoms with E-state index in [1.54, 1.807) is 40.8 Å². The van der Waals surface area contributed by atoms with Crippen LogP contribution in [0.25, 0.3) is 22.3 Å². The van der Waals surface area contributed by atoms with E-state index in [1.807, 2.05) is 18.0 Å². The minimum atomic E-state index is -1.34. The van der Waals surface area contributed by atoms with Gasteiger partial charge in [-0.1, -0.05) is 11.6 Å². The molecule has 3 N–H and O–H groups in total. The normalized spacial score (nSPS) is 11.1. The third-order valence-electron chi connectivity index (χ3n) is 5.20. The summed E-state index contributed by atoms with van der Waals surface area (Å²) in [4.78, 5) is 30.6. The lowest BCUT2D eigenvalue weighted by Gasteiger charge is -2.16. The average Bonchev–Trinajstić information content (AvgIpc) is 3.28. The molecule has 10 nitrogen and oxygen atoms in total. The van der Waals surface area contributed by atoms with Gasteiger partial charge in [-0.3, -0.25) is 4.79 Å². The van der Waals surface area contributed by atoms with E-state index in [9.17, 15) is 14.7 Å². The summed E-state index contributed by atoms with van der Waals surface area (Å²) in [5, 5.41) is 14.5. The van der Waals surface area contributed by atoms with E-state index < -0.39 is 11.4 Å². The highest BCUT2D eigenvalue weighted by atomic mass is 35.5. The number of anilines is 2. The number of carboxylic acids is 1. The number of nitrogens with two attached hydrogens (primary N) is 1. The van der Waals surface area contributed by atoms with E-state index in [4.69, 9.17) is 22.1 Å². The van der Waals surface area contributed by atoms with Crippen molar-refractivity contribution in [1.82, 2.24) is 19.3 Å². The Hall–Kier alpha value is -3.89. The first-order valence-corrected chi connectivity index (χ1v) is 10.3. The number of aromatic carboxylic acids is 1. The fourth-order valence-electron chi connectivity index (χ4n) is 3.41. The summed E-state index contributed by atoms with van der Waals surface area (Å²) in [6.07, 6.45) is 4.52. The van der Waals surface area contributed by atoms with Gasteiger partial charge in [0.05, 0.1) is 34.7 Å². The number of methoxy groups -OCH3 is 1. The van der Waals surface area contributed by atoms with Gasteiger partial charge in [-0.25, -0.2) is 14.5 Å². The maximum atomic E-state index is 12.9. The van der Waals surface area contributed by atoms with Crippen molar-refractivity contribution in [1.29, 1.82) is 0 Å². The second kappa shape index (κ2) is 8.93. The Bertz CT molecular complexity index is 1400. The number of fused-ring (bicyclic) bond motifs is 1. The predicted molar refractivity (Wildman–Crippen MR) is 126 cm³/mol. The molecule has 0 amide bonds. The minimum absolute atomic E-state index is 0.157. The van der Waals surface area contributed by atoms with Gasteiger partial charge < -0.3 is 25.0 Å². The van der Waals surface area contributed by atoms with Gasteiger partial charge in [-0.05, 0) is 24.3 Å². The molecule has 0 bridgehead atoms. The zero-order valence-corrected chi connectivity index (χ0v) is 18.7. The molecule has 0 radical (unpaired) electrons. The largest absolute Gasteiger partial charge is 0.477 e. The number of aromatic nitrogens is 4. The topological polar surface area (TPSA) is 128 Å². The number of nitrogens with zero attached hydrogens (tertiary/aromatic N) is 5. The molecule has 4 rings (SSSR count). The van der Waals surface area contributed by atoms with Gasteiger partial charge >= 0.3 is 5.97 Å². The highest BCUT2D eigenvalue weighted by Gasteiger charge is 2.18. The predicted octanol–water partition coefficient (Wildman–Crippen LogP) is 2.59. The fraction of sp³-hybridized carbons (Fsp3) is 0.182. The van der Waals surface area contributed by atoms with E-state index in [-0.39, 0.29) is 16.0 Å². The van der Waals surface area contributed by atoms with Crippen LogP contribution in [0.1, 0.15) is 10.4 Å². The summed E-state index contributed by atoms with van der Waals surface area (Å²) in [6.45, 7) is 1.20. The average molecular weight is 469 g/mol. The quantitative estimate of drug-likeness (QED) is 0.423. The Morgan fingerprint density at radius 1 is 1.30 bits per heavy atom. The van der Waals surface area contributed by atoms with Crippen molar-refractivity contribution >= 4 is 40.1 Å². The maximum absolute atomic E-state index is 12.9. The summed E-state index contributed by atoms with van der Waals surface area (Å²) >= 11 is 6.51. The molecule has 0 unspecified atom stereocenters. The molecule has 1 aromatic carbocycles. The van der Waals surface area contributed by atoms with Crippen LogP contribution in [0.4, 0.5) is 11.6 Å². The lowest BCUT2D eigenvalue weighted by molar-refractivity contribution is 0.0695. The van der Waals surface area contributed by atoms with Crippen molar-refractivity contribution in [3.8, 4) is 11.4 Å². The van der Waals surface area contributed by atoms with Gasteiger partial charge in [-0.15, -0.1) is 0 Å². The van der Waals surface area contributed by atoms with Crippen LogP contribution in [-0.4, -0.2) is 57.7 Å². The van der Waals surface area contributed by atoms with Crippen molar-refractivity contribution in [3.05, 3.63) is 69.7 Å². The number of pyridine rings is 2. The molecular weight excluding hydrogens is 448 g/mol. The lowest BCUT2D eigenvalue weighted by Crippen LogP contribution is -2.22. The van der Waals surface area contributed by atoms with Crippen LogP contribution in [0.2, 0.25) is 5.02 Å². The zero-order chi connectivity index (χ0) is 23.7. The van der Waals surface area contributed by atoms with E-state index >= 15 is 0 Å². The standard InChI is InChI=1S/C22H21ClN6O4/c1-27(7-8-33-2)20-5-6-29(26-20)18-10-17-14(9-16(18)23)21(30)15(22(31)32)12-28(17)13-3-4-19(24)25-11-13/h3-6,9-12H,7-8H2,1-2H3,(H2,24,25)(H,31,32). The smallest absolute Gasteiger partial charge is 0.341 e. The molecule has 170 valence electrons. The molecule has 0 aliphatic carbocycles. The zero-order valence-electron chi connectivity index (χ0n) is 17.9. The van der Waals surface area contributed by atoms with Gasteiger partial charge in [0.1, 0.15) is 11.4 Å². The van der Waals surface area contributed by atoms with Crippen molar-refractivity contribution in [2.75, 3.05) is 37.9 Å². The first-order chi connectivity index (χ1) is 15.8. The molecule has 4 aromatic rings. The van der Waals surface area contributed by atoms with Gasteiger partial charge in [0.25, 0.3) is 0 Å². The number of halogens is 1. The first kappa shape index (κ1) is 22.3. The van der Waals surface area contributed by atoms with Crippen molar-refractivity contribution in [2.45, 2.75) is 0 Å². The molecule has 3 aromatic heterocycles. The van der Waals surface area contributed by atoms with E-state index in [2.05, 4.69) is 10.1 Å². The van der Waals surface area contributed by atoms with Gasteiger partial charge in [0.2, 0.25) is 5.43 Å². The van der Waals surface area contributed by atoms with Crippen molar-refractivity contribution < 1.29 is 14.6 Å². The molecule has 0 saturated carbocycles. The molecule has 0 fully saturated rings. The number of carboxylic acid groups (broad SMARTS) is 1. The number of hydrogen-bond donors (Lipinski definition) is 2. The van der Waals surface area contributed by atoms with Crippen molar-refractivity contribution in [3.63, 3.8) is 0 Å². The van der Waals surface area contributed by atoms with Crippen LogP contribution in [0.5, 0.6) is 0 Å². The van der Waals surface area contributed by atoms with Crippen LogP contribution < -0.4 is 16.1 Å². The van der Waals surface area contributed by atoms with E-state index in [0.29, 0.717) is 41.7 Å². The Kier molecular flexibility index (Phi) is 6.03. The Balaban J connectivity index is 1.92. The number of ether oxygens (including phenoxy) is 1. The molecule has 0 aliphatic heterocycles. The fourth-order valence-corrected chi connectivity index (χ4v) is 3.66. The summed E-state index contributed by atoms with van der Waals surface area (Å²) in [5.74, 6) is -0.312. The van der Waals surface area contributed by atoms with Crippen molar-refractivity contribution in [2.24, 2.45) is 0 Å². The third-order valence-corrected chi connectivity index (χ3v) is 5.50. The van der Waals surface area contributed by atoms with Crippen LogP contribution in [0.3, 0.4) is 0 Å². The highest BCUT2D eigenvalue weighted by molar-refractivity contribution is 6.33. The number of likely N-dealkylation sites (N-methyl/N-ethyl adjacent to an activating group) is 1. The molecule has 0 spiro atoms. The molecule has 33 heavy (non-hydrogen) atoms. The molecule has 11 heteroatoms. The SMILES string of the molecule is COCCN(C)c1ccn(-c2cc3c(cc2Cl)c(=O)c(C(=O)O)cn3-c2ccc(N)nc2)n1. The van der Waals surface area contributed by atoms with Gasteiger partial charge in [0.15, 0.2) is 5.82 Å².